The molecule has 0 saturated carbocycles. The number of rotatable bonds is 11. The molecule has 1 aliphatic heterocycles. The summed E-state index contributed by atoms with van der Waals surface area (Å²) in [5.74, 6) is 3.01. The van der Waals surface area contributed by atoms with E-state index in [9.17, 15) is 0 Å². The Hall–Kier alpha value is -2.45. The summed E-state index contributed by atoms with van der Waals surface area (Å²) in [5.41, 5.74) is 1.16. The van der Waals surface area contributed by atoms with Gasteiger partial charge in [-0.1, -0.05) is 26.0 Å². The fourth-order valence-corrected chi connectivity index (χ4v) is 4.19. The Labute approximate surface area is 185 Å². The highest BCUT2D eigenvalue weighted by atomic mass is 16.5. The Morgan fingerprint density at radius 1 is 1.10 bits per heavy atom. The number of benzene rings is 1. The van der Waals surface area contributed by atoms with Crippen molar-refractivity contribution in [1.29, 1.82) is 0 Å². The molecule has 1 unspecified atom stereocenters. The van der Waals surface area contributed by atoms with Gasteiger partial charge in [-0.05, 0) is 46.9 Å². The second kappa shape index (κ2) is 11.2. The fraction of sp³-hybridized carbons (Fsp3) is 0.609. The van der Waals surface area contributed by atoms with E-state index in [1.54, 1.807) is 14.2 Å². The summed E-state index contributed by atoms with van der Waals surface area (Å²) in [4.78, 5) is 4.98. The van der Waals surface area contributed by atoms with Crippen LogP contribution >= 0.6 is 0 Å². The monoisotopic (exact) mass is 428 g/mol. The summed E-state index contributed by atoms with van der Waals surface area (Å²) in [6.45, 7) is 14.2. The summed E-state index contributed by atoms with van der Waals surface area (Å²) >= 11 is 0. The Balaban J connectivity index is 1.72. The molecule has 0 spiro atoms. The zero-order valence-corrected chi connectivity index (χ0v) is 19.3. The van der Waals surface area contributed by atoms with Crippen molar-refractivity contribution >= 4 is 0 Å². The van der Waals surface area contributed by atoms with E-state index in [1.807, 2.05) is 22.9 Å². The molecule has 8 nitrogen and oxygen atoms in total. The molecule has 31 heavy (non-hydrogen) atoms. The molecule has 0 aliphatic carbocycles. The molecule has 0 amide bonds. The van der Waals surface area contributed by atoms with Crippen LogP contribution in [-0.4, -0.2) is 77.0 Å². The Morgan fingerprint density at radius 3 is 2.48 bits per heavy atom. The van der Waals surface area contributed by atoms with Gasteiger partial charge in [-0.2, -0.15) is 0 Å². The fourth-order valence-electron chi connectivity index (χ4n) is 4.19. The molecular weight excluding hydrogens is 392 g/mol. The van der Waals surface area contributed by atoms with E-state index in [2.05, 4.69) is 51.8 Å². The number of nitrogens with zero attached hydrogens (tertiary/aromatic N) is 6. The molecule has 3 rings (SSSR count). The van der Waals surface area contributed by atoms with Crippen LogP contribution in [0.4, 0.5) is 0 Å². The first-order valence-electron chi connectivity index (χ1n) is 11.1. The van der Waals surface area contributed by atoms with Crippen LogP contribution in [0, 0.1) is 5.92 Å². The summed E-state index contributed by atoms with van der Waals surface area (Å²) in [7, 11) is 3.31. The van der Waals surface area contributed by atoms with Crippen LogP contribution in [0.25, 0.3) is 0 Å². The van der Waals surface area contributed by atoms with Crippen LogP contribution in [0.5, 0.6) is 11.5 Å². The molecular formula is C23H36N6O2. The predicted molar refractivity (Wildman–Crippen MR) is 121 cm³/mol. The van der Waals surface area contributed by atoms with E-state index < -0.39 is 0 Å². The van der Waals surface area contributed by atoms with Crippen LogP contribution < -0.4 is 9.47 Å². The normalized spacial score (nSPS) is 16.4. The minimum atomic E-state index is 0.228. The second-order valence-electron chi connectivity index (χ2n) is 8.47. The number of hydrogen-bond acceptors (Lipinski definition) is 7. The van der Waals surface area contributed by atoms with Gasteiger partial charge in [-0.25, -0.2) is 4.68 Å². The molecule has 8 heteroatoms. The molecule has 1 fully saturated rings. The van der Waals surface area contributed by atoms with Crippen LogP contribution in [0.3, 0.4) is 0 Å². The lowest BCUT2D eigenvalue weighted by atomic mass is 10.0. The van der Waals surface area contributed by atoms with Crippen molar-refractivity contribution in [2.45, 2.75) is 39.3 Å². The number of aromatic nitrogens is 4. The average Bonchev–Trinajstić information content (AvgIpc) is 3.25. The van der Waals surface area contributed by atoms with E-state index in [-0.39, 0.29) is 6.04 Å². The Bertz CT molecular complexity index is 829. The van der Waals surface area contributed by atoms with Crippen LogP contribution in [0.2, 0.25) is 0 Å². The van der Waals surface area contributed by atoms with Crippen molar-refractivity contribution < 1.29 is 9.47 Å². The predicted octanol–water partition coefficient (Wildman–Crippen LogP) is 2.82. The number of piperazine rings is 1. The number of ether oxygens (including phenoxy) is 2. The number of tetrazole rings is 1. The zero-order valence-electron chi connectivity index (χ0n) is 19.3. The van der Waals surface area contributed by atoms with Crippen LogP contribution in [-0.2, 0) is 13.0 Å². The van der Waals surface area contributed by atoms with E-state index in [0.29, 0.717) is 5.92 Å². The lowest BCUT2D eigenvalue weighted by Gasteiger charge is -2.39. The largest absolute Gasteiger partial charge is 0.493 e. The maximum Gasteiger partial charge on any atom is 0.168 e. The van der Waals surface area contributed by atoms with Gasteiger partial charge >= 0.3 is 0 Å². The van der Waals surface area contributed by atoms with Crippen molar-refractivity contribution in [2.24, 2.45) is 5.92 Å². The van der Waals surface area contributed by atoms with Gasteiger partial charge in [-0.3, -0.25) is 9.80 Å². The topological polar surface area (TPSA) is 68.5 Å². The minimum Gasteiger partial charge on any atom is -0.493 e. The van der Waals surface area contributed by atoms with Crippen molar-refractivity contribution in [1.82, 2.24) is 30.0 Å². The third-order valence-electron chi connectivity index (χ3n) is 5.85. The quantitative estimate of drug-likeness (QED) is 0.510. The lowest BCUT2D eigenvalue weighted by molar-refractivity contribution is 0.0863. The summed E-state index contributed by atoms with van der Waals surface area (Å²) in [5, 5.41) is 12.8. The lowest BCUT2D eigenvalue weighted by Crippen LogP contribution is -2.48. The number of methoxy groups -OCH3 is 2. The molecule has 2 heterocycles. The molecule has 1 saturated heterocycles. The van der Waals surface area contributed by atoms with Crippen molar-refractivity contribution in [3.05, 3.63) is 42.2 Å². The Kier molecular flexibility index (Phi) is 8.43. The molecule has 170 valence electrons. The van der Waals surface area contributed by atoms with E-state index in [0.717, 1.165) is 75.0 Å². The third kappa shape index (κ3) is 6.04. The van der Waals surface area contributed by atoms with Gasteiger partial charge in [0.25, 0.3) is 0 Å². The average molecular weight is 429 g/mol. The number of hydrogen-bond donors (Lipinski definition) is 0. The number of aryl methyl sites for hydroxylation is 2. The molecule has 2 aromatic rings. The second-order valence-corrected chi connectivity index (χ2v) is 8.47. The Morgan fingerprint density at radius 2 is 1.84 bits per heavy atom. The highest BCUT2D eigenvalue weighted by Gasteiger charge is 2.29. The van der Waals surface area contributed by atoms with Gasteiger partial charge in [0.15, 0.2) is 17.3 Å². The van der Waals surface area contributed by atoms with E-state index >= 15 is 0 Å². The highest BCUT2D eigenvalue weighted by molar-refractivity contribution is 5.42. The first-order valence-corrected chi connectivity index (χ1v) is 11.1. The molecule has 1 aromatic heterocycles. The van der Waals surface area contributed by atoms with Crippen LogP contribution in [0.1, 0.15) is 37.7 Å². The minimum absolute atomic E-state index is 0.228. The molecule has 0 radical (unpaired) electrons. The van der Waals surface area contributed by atoms with Crippen molar-refractivity contribution in [3.63, 3.8) is 0 Å². The summed E-state index contributed by atoms with van der Waals surface area (Å²) in [6, 6.07) is 6.26. The SMILES string of the molecule is C=CCN1CCN(C(CC(C)C)c2nnnn2CCc2ccc(OC)c(OC)c2)CC1. The standard InChI is InChI=1S/C23H36N6O2/c1-6-10-27-12-14-28(15-13-27)20(16-18(2)3)23-24-25-26-29(23)11-9-19-7-8-21(30-4)22(17-19)31-5/h6-8,17-18,20H,1,9-16H2,2-5H3. The van der Waals surface area contributed by atoms with E-state index in [4.69, 9.17) is 9.47 Å². The molecule has 1 atom stereocenters. The molecule has 0 bridgehead atoms. The maximum atomic E-state index is 5.44. The van der Waals surface area contributed by atoms with Crippen LogP contribution in [0.15, 0.2) is 30.9 Å². The molecule has 0 N–H and O–H groups in total. The van der Waals surface area contributed by atoms with Crippen molar-refractivity contribution in [2.75, 3.05) is 46.9 Å². The van der Waals surface area contributed by atoms with Gasteiger partial charge in [0.1, 0.15) is 0 Å². The maximum absolute atomic E-state index is 5.44. The third-order valence-corrected chi connectivity index (χ3v) is 5.85. The van der Waals surface area contributed by atoms with E-state index in [1.165, 1.54) is 0 Å². The van der Waals surface area contributed by atoms with Crippen molar-refractivity contribution in [3.8, 4) is 11.5 Å². The van der Waals surface area contributed by atoms with Gasteiger partial charge in [-0.15, -0.1) is 11.7 Å². The highest BCUT2D eigenvalue weighted by Crippen LogP contribution is 2.29. The van der Waals surface area contributed by atoms with Gasteiger partial charge in [0.05, 0.1) is 20.3 Å². The molecule has 1 aromatic carbocycles. The zero-order chi connectivity index (χ0) is 22.2. The first-order chi connectivity index (χ1) is 15.0. The summed E-state index contributed by atoms with van der Waals surface area (Å²) in [6.07, 6.45) is 3.84. The first kappa shape index (κ1) is 23.2. The molecule has 1 aliphatic rings. The van der Waals surface area contributed by atoms with Gasteiger partial charge in [0.2, 0.25) is 0 Å². The summed E-state index contributed by atoms with van der Waals surface area (Å²) < 4.78 is 12.8. The van der Waals surface area contributed by atoms with Gasteiger partial charge in [0, 0.05) is 39.3 Å². The smallest absolute Gasteiger partial charge is 0.168 e. The van der Waals surface area contributed by atoms with Gasteiger partial charge < -0.3 is 9.47 Å².